The van der Waals surface area contributed by atoms with E-state index in [0.29, 0.717) is 11.1 Å². The van der Waals surface area contributed by atoms with E-state index in [0.717, 1.165) is 12.8 Å². The van der Waals surface area contributed by atoms with E-state index in [1.54, 1.807) is 6.92 Å². The molecule has 0 aliphatic heterocycles. The van der Waals surface area contributed by atoms with E-state index in [2.05, 4.69) is 10.3 Å². The molecule has 1 saturated carbocycles. The summed E-state index contributed by atoms with van der Waals surface area (Å²) in [6.45, 7) is 1.79. The number of carbonyl (C=O) groups excluding carboxylic acids is 1. The van der Waals surface area contributed by atoms with Gasteiger partial charge in [0.1, 0.15) is 0 Å². The molecule has 96 valence electrons. The van der Waals surface area contributed by atoms with Crippen LogP contribution in [0.5, 0.6) is 0 Å². The van der Waals surface area contributed by atoms with Crippen LogP contribution < -0.4 is 5.32 Å². The van der Waals surface area contributed by atoms with Crippen LogP contribution in [0.4, 0.5) is 0 Å². The van der Waals surface area contributed by atoms with Crippen molar-refractivity contribution in [3.63, 3.8) is 0 Å². The molecule has 1 aromatic heterocycles. The summed E-state index contributed by atoms with van der Waals surface area (Å²) >= 11 is 1.27. The Morgan fingerprint density at radius 3 is 2.89 bits per heavy atom. The highest BCUT2D eigenvalue weighted by Gasteiger charge is 2.26. The number of aromatic carboxylic acids is 1. The Kier molecular flexibility index (Phi) is 3.86. The van der Waals surface area contributed by atoms with Crippen LogP contribution in [0.3, 0.4) is 0 Å². The third kappa shape index (κ3) is 3.46. The largest absolute Gasteiger partial charge is 0.478 e. The smallest absolute Gasteiger partial charge is 0.335 e. The van der Waals surface area contributed by atoms with Crippen molar-refractivity contribution in [3.05, 3.63) is 23.9 Å². The maximum atomic E-state index is 11.7. The Hall–Kier alpha value is -1.56. The monoisotopic (exact) mass is 266 g/mol. The van der Waals surface area contributed by atoms with Gasteiger partial charge in [-0.3, -0.25) is 4.79 Å². The Labute approximate surface area is 109 Å². The molecule has 1 unspecified atom stereocenters. The molecule has 1 atom stereocenters. The molecule has 1 aliphatic rings. The number of nitrogens with zero attached hydrogens (tertiary/aromatic N) is 1. The highest BCUT2D eigenvalue weighted by molar-refractivity contribution is 8.00. The number of amides is 1. The number of carboxylic acids is 1. The molecule has 2 rings (SSSR count). The molecule has 6 heteroatoms. The molecule has 0 radical (unpaired) electrons. The van der Waals surface area contributed by atoms with Crippen molar-refractivity contribution in [3.8, 4) is 0 Å². The molecule has 1 heterocycles. The minimum Gasteiger partial charge on any atom is -0.478 e. The van der Waals surface area contributed by atoms with Crippen LogP contribution in [0.25, 0.3) is 0 Å². The summed E-state index contributed by atoms with van der Waals surface area (Å²) in [5.41, 5.74) is 0.183. The molecule has 5 nitrogen and oxygen atoms in total. The van der Waals surface area contributed by atoms with E-state index in [-0.39, 0.29) is 16.7 Å². The van der Waals surface area contributed by atoms with Gasteiger partial charge in [-0.15, -0.1) is 0 Å². The van der Waals surface area contributed by atoms with E-state index in [4.69, 9.17) is 5.11 Å². The minimum atomic E-state index is -0.991. The van der Waals surface area contributed by atoms with Crippen molar-refractivity contribution in [2.45, 2.75) is 36.1 Å². The zero-order valence-corrected chi connectivity index (χ0v) is 10.7. The van der Waals surface area contributed by atoms with Crippen molar-refractivity contribution in [2.75, 3.05) is 0 Å². The lowest BCUT2D eigenvalue weighted by Crippen LogP contribution is -2.32. The predicted molar refractivity (Wildman–Crippen MR) is 67.7 cm³/mol. The van der Waals surface area contributed by atoms with Gasteiger partial charge >= 0.3 is 5.97 Å². The first-order valence-electron chi connectivity index (χ1n) is 5.72. The number of carbonyl (C=O) groups is 2. The summed E-state index contributed by atoms with van der Waals surface area (Å²) in [7, 11) is 0. The topological polar surface area (TPSA) is 79.3 Å². The standard InChI is InChI=1S/C12H14N2O3S/c1-7(11(15)14-9-2-3-9)18-10-6-8(12(16)17)4-5-13-10/h4-7,9H,2-3H2,1H3,(H,14,15)(H,16,17). The Bertz CT molecular complexity index is 474. The molecule has 0 spiro atoms. The van der Waals surface area contributed by atoms with Crippen LogP contribution in [-0.2, 0) is 4.79 Å². The molecule has 0 aromatic carbocycles. The summed E-state index contributed by atoms with van der Waals surface area (Å²) in [6, 6.07) is 3.24. The second kappa shape index (κ2) is 5.39. The van der Waals surface area contributed by atoms with Crippen LogP contribution in [0.15, 0.2) is 23.4 Å². The summed E-state index contributed by atoms with van der Waals surface area (Å²) < 4.78 is 0. The summed E-state index contributed by atoms with van der Waals surface area (Å²) in [5.74, 6) is -1.01. The van der Waals surface area contributed by atoms with E-state index in [1.165, 1.54) is 30.1 Å². The molecule has 1 fully saturated rings. The Morgan fingerprint density at radius 2 is 2.28 bits per heavy atom. The molecular formula is C12H14N2O3S. The van der Waals surface area contributed by atoms with Crippen LogP contribution >= 0.6 is 11.8 Å². The van der Waals surface area contributed by atoms with Gasteiger partial charge in [-0.1, -0.05) is 11.8 Å². The number of pyridine rings is 1. The van der Waals surface area contributed by atoms with Gasteiger partial charge in [0.2, 0.25) is 5.91 Å². The molecule has 1 amide bonds. The fraction of sp³-hybridized carbons (Fsp3) is 0.417. The van der Waals surface area contributed by atoms with E-state index < -0.39 is 5.97 Å². The molecular weight excluding hydrogens is 252 g/mol. The maximum absolute atomic E-state index is 11.7. The van der Waals surface area contributed by atoms with Gasteiger partial charge in [0.15, 0.2) is 0 Å². The predicted octanol–water partition coefficient (Wildman–Crippen LogP) is 1.54. The van der Waals surface area contributed by atoms with Crippen LogP contribution in [-0.4, -0.2) is 33.3 Å². The SMILES string of the molecule is CC(Sc1cc(C(=O)O)ccn1)C(=O)NC1CC1. The highest BCUT2D eigenvalue weighted by Crippen LogP contribution is 2.24. The molecule has 18 heavy (non-hydrogen) atoms. The zero-order chi connectivity index (χ0) is 13.1. The lowest BCUT2D eigenvalue weighted by molar-refractivity contribution is -0.120. The summed E-state index contributed by atoms with van der Waals surface area (Å²) in [4.78, 5) is 26.6. The molecule has 0 saturated heterocycles. The van der Waals surface area contributed by atoms with Gasteiger partial charge < -0.3 is 10.4 Å². The normalized spacial score (nSPS) is 16.1. The van der Waals surface area contributed by atoms with Crippen molar-refractivity contribution in [1.29, 1.82) is 0 Å². The molecule has 2 N–H and O–H groups in total. The highest BCUT2D eigenvalue weighted by atomic mass is 32.2. The first-order chi connectivity index (χ1) is 8.56. The first kappa shape index (κ1) is 12.9. The number of hydrogen-bond acceptors (Lipinski definition) is 4. The zero-order valence-electron chi connectivity index (χ0n) is 9.92. The van der Waals surface area contributed by atoms with Crippen LogP contribution in [0.2, 0.25) is 0 Å². The molecule has 0 bridgehead atoms. The number of thioether (sulfide) groups is 1. The van der Waals surface area contributed by atoms with Gasteiger partial charge in [0.25, 0.3) is 0 Å². The minimum absolute atomic E-state index is 0.0231. The van der Waals surface area contributed by atoms with Crippen molar-refractivity contribution in [1.82, 2.24) is 10.3 Å². The quantitative estimate of drug-likeness (QED) is 0.790. The van der Waals surface area contributed by atoms with Crippen molar-refractivity contribution < 1.29 is 14.7 Å². The van der Waals surface area contributed by atoms with Gasteiger partial charge in [-0.05, 0) is 31.9 Å². The fourth-order valence-corrected chi connectivity index (χ4v) is 2.24. The maximum Gasteiger partial charge on any atom is 0.335 e. The van der Waals surface area contributed by atoms with Gasteiger partial charge in [-0.2, -0.15) is 0 Å². The van der Waals surface area contributed by atoms with Gasteiger partial charge in [-0.25, -0.2) is 9.78 Å². The third-order valence-electron chi connectivity index (χ3n) is 2.57. The average Bonchev–Trinajstić information content (AvgIpc) is 3.13. The number of aromatic nitrogens is 1. The summed E-state index contributed by atoms with van der Waals surface area (Å²) in [5, 5.41) is 12.0. The van der Waals surface area contributed by atoms with Crippen LogP contribution in [0, 0.1) is 0 Å². The van der Waals surface area contributed by atoms with Crippen molar-refractivity contribution >= 4 is 23.6 Å². The van der Waals surface area contributed by atoms with Gasteiger partial charge in [0.05, 0.1) is 15.8 Å². The van der Waals surface area contributed by atoms with Crippen LogP contribution in [0.1, 0.15) is 30.1 Å². The second-order valence-electron chi connectivity index (χ2n) is 4.23. The number of hydrogen-bond donors (Lipinski definition) is 2. The van der Waals surface area contributed by atoms with Gasteiger partial charge in [0, 0.05) is 12.2 Å². The number of nitrogens with one attached hydrogen (secondary N) is 1. The average molecular weight is 266 g/mol. The van der Waals surface area contributed by atoms with E-state index in [9.17, 15) is 9.59 Å². The fourth-order valence-electron chi connectivity index (χ4n) is 1.39. The Balaban J connectivity index is 1.96. The lowest BCUT2D eigenvalue weighted by atomic mass is 10.3. The number of rotatable bonds is 5. The second-order valence-corrected chi connectivity index (χ2v) is 5.59. The summed E-state index contributed by atoms with van der Waals surface area (Å²) in [6.07, 6.45) is 3.54. The van der Waals surface area contributed by atoms with Crippen molar-refractivity contribution in [2.24, 2.45) is 0 Å². The molecule has 1 aliphatic carbocycles. The third-order valence-corrected chi connectivity index (χ3v) is 3.60. The van der Waals surface area contributed by atoms with E-state index in [1.807, 2.05) is 0 Å². The molecule has 1 aromatic rings. The Morgan fingerprint density at radius 1 is 1.56 bits per heavy atom. The van der Waals surface area contributed by atoms with E-state index >= 15 is 0 Å². The number of carboxylic acid groups (broad SMARTS) is 1. The first-order valence-corrected chi connectivity index (χ1v) is 6.60. The lowest BCUT2D eigenvalue weighted by Gasteiger charge is -2.10.